The molecular formula is C26H21NO3. The lowest BCUT2D eigenvalue weighted by Crippen LogP contribution is -2.51. The second-order valence-electron chi connectivity index (χ2n) is 8.57. The van der Waals surface area contributed by atoms with Crippen LogP contribution >= 0.6 is 0 Å². The zero-order chi connectivity index (χ0) is 20.6. The number of hydrogen-bond donors (Lipinski definition) is 0. The third-order valence-electron chi connectivity index (χ3n) is 7.37. The number of amides is 2. The van der Waals surface area contributed by atoms with Crippen LogP contribution < -0.4 is 9.64 Å². The quantitative estimate of drug-likeness (QED) is 0.609. The van der Waals surface area contributed by atoms with Crippen molar-refractivity contribution in [2.24, 2.45) is 11.8 Å². The first-order valence-corrected chi connectivity index (χ1v) is 10.3. The Hall–Kier alpha value is -3.40. The van der Waals surface area contributed by atoms with E-state index in [1.807, 2.05) is 24.3 Å². The zero-order valence-electron chi connectivity index (χ0n) is 16.8. The first kappa shape index (κ1) is 17.5. The minimum atomic E-state index is -0.527. The smallest absolute Gasteiger partial charge is 0.238 e. The Kier molecular flexibility index (Phi) is 3.39. The molecule has 3 aromatic rings. The Balaban J connectivity index is 1.57. The Morgan fingerprint density at radius 3 is 1.93 bits per heavy atom. The van der Waals surface area contributed by atoms with Crippen molar-refractivity contribution in [1.82, 2.24) is 0 Å². The number of ether oxygens (including phenoxy) is 1. The second-order valence-corrected chi connectivity index (χ2v) is 8.57. The van der Waals surface area contributed by atoms with Gasteiger partial charge >= 0.3 is 0 Å². The third kappa shape index (κ3) is 1.91. The van der Waals surface area contributed by atoms with E-state index in [0.717, 1.165) is 0 Å². The van der Waals surface area contributed by atoms with Crippen molar-refractivity contribution in [3.63, 3.8) is 0 Å². The molecule has 2 atom stereocenters. The molecule has 1 aliphatic heterocycles. The van der Waals surface area contributed by atoms with E-state index in [1.54, 1.807) is 31.4 Å². The summed E-state index contributed by atoms with van der Waals surface area (Å²) in [5.74, 6) is -0.385. The minimum Gasteiger partial charge on any atom is -0.497 e. The summed E-state index contributed by atoms with van der Waals surface area (Å²) in [6.07, 6.45) is 0. The number of nitrogens with zero attached hydrogens (tertiary/aromatic N) is 1. The molecule has 1 heterocycles. The van der Waals surface area contributed by atoms with Gasteiger partial charge < -0.3 is 4.74 Å². The highest BCUT2D eigenvalue weighted by Gasteiger charge is 2.66. The molecule has 3 aromatic carbocycles. The maximum atomic E-state index is 13.8. The SMILES string of the molecule is COc1ccc(N2C(=O)[C@H]3C4c5ccccc5C(C)(c5ccccc54)[C@H]3C2=O)cc1. The predicted molar refractivity (Wildman–Crippen MR) is 114 cm³/mol. The number of methoxy groups -OCH3 is 1. The van der Waals surface area contributed by atoms with Crippen molar-refractivity contribution < 1.29 is 14.3 Å². The fraction of sp³-hybridized carbons (Fsp3) is 0.231. The fourth-order valence-corrected chi connectivity index (χ4v) is 6.14. The lowest BCUT2D eigenvalue weighted by molar-refractivity contribution is -0.123. The molecule has 3 aliphatic carbocycles. The molecule has 7 rings (SSSR count). The highest BCUT2D eigenvalue weighted by Crippen LogP contribution is 2.64. The van der Waals surface area contributed by atoms with Crippen LogP contribution in [-0.4, -0.2) is 18.9 Å². The van der Waals surface area contributed by atoms with Gasteiger partial charge in [-0.3, -0.25) is 9.59 Å². The number of carbonyl (C=O) groups excluding carboxylic acids is 2. The molecule has 0 unspecified atom stereocenters. The van der Waals surface area contributed by atoms with Crippen molar-refractivity contribution in [2.75, 3.05) is 12.0 Å². The molecule has 148 valence electrons. The summed E-state index contributed by atoms with van der Waals surface area (Å²) in [7, 11) is 1.60. The molecular weight excluding hydrogens is 374 g/mol. The molecule has 1 fully saturated rings. The van der Waals surface area contributed by atoms with E-state index in [2.05, 4.69) is 31.2 Å². The van der Waals surface area contributed by atoms with Crippen LogP contribution in [0.25, 0.3) is 0 Å². The van der Waals surface area contributed by atoms with Gasteiger partial charge in [0.2, 0.25) is 11.8 Å². The molecule has 4 nitrogen and oxygen atoms in total. The van der Waals surface area contributed by atoms with Crippen LogP contribution in [0.15, 0.2) is 72.8 Å². The summed E-state index contributed by atoms with van der Waals surface area (Å²) in [6.45, 7) is 2.14. The van der Waals surface area contributed by atoms with E-state index in [9.17, 15) is 9.59 Å². The molecule has 0 radical (unpaired) electrons. The second kappa shape index (κ2) is 5.82. The zero-order valence-corrected chi connectivity index (χ0v) is 16.8. The number of anilines is 1. The maximum Gasteiger partial charge on any atom is 0.238 e. The van der Waals surface area contributed by atoms with E-state index in [4.69, 9.17) is 4.74 Å². The Labute approximate surface area is 175 Å². The first-order valence-electron chi connectivity index (χ1n) is 10.3. The maximum absolute atomic E-state index is 13.8. The molecule has 0 saturated carbocycles. The van der Waals surface area contributed by atoms with E-state index in [1.165, 1.54) is 27.2 Å². The van der Waals surface area contributed by atoms with Gasteiger partial charge in [-0.05, 0) is 46.5 Å². The summed E-state index contributed by atoms with van der Waals surface area (Å²) < 4.78 is 5.24. The van der Waals surface area contributed by atoms with E-state index in [0.29, 0.717) is 11.4 Å². The highest BCUT2D eigenvalue weighted by molar-refractivity contribution is 6.23. The first-order chi connectivity index (χ1) is 14.6. The Bertz CT molecular complexity index is 1170. The van der Waals surface area contributed by atoms with Crippen molar-refractivity contribution in [3.05, 3.63) is 95.1 Å². The van der Waals surface area contributed by atoms with Crippen LogP contribution in [0.5, 0.6) is 5.75 Å². The summed E-state index contributed by atoms with van der Waals surface area (Å²) >= 11 is 0. The van der Waals surface area contributed by atoms with Gasteiger partial charge in [0, 0.05) is 11.3 Å². The van der Waals surface area contributed by atoms with Crippen LogP contribution in [0.1, 0.15) is 35.1 Å². The van der Waals surface area contributed by atoms with Gasteiger partial charge in [0.15, 0.2) is 0 Å². The third-order valence-corrected chi connectivity index (χ3v) is 7.37. The minimum absolute atomic E-state index is 0.0936. The fourth-order valence-electron chi connectivity index (χ4n) is 6.14. The van der Waals surface area contributed by atoms with Crippen LogP contribution in [0, 0.1) is 11.8 Å². The van der Waals surface area contributed by atoms with E-state index < -0.39 is 11.3 Å². The molecule has 4 aliphatic rings. The van der Waals surface area contributed by atoms with Gasteiger partial charge in [0.25, 0.3) is 0 Å². The normalized spacial score (nSPS) is 28.2. The van der Waals surface area contributed by atoms with Crippen LogP contribution in [-0.2, 0) is 15.0 Å². The van der Waals surface area contributed by atoms with Crippen molar-refractivity contribution in [2.45, 2.75) is 18.3 Å². The average Bonchev–Trinajstić information content (AvgIpc) is 3.06. The molecule has 2 amide bonds. The van der Waals surface area contributed by atoms with Gasteiger partial charge in [0.1, 0.15) is 5.75 Å². The van der Waals surface area contributed by atoms with Crippen LogP contribution in [0.3, 0.4) is 0 Å². The predicted octanol–water partition coefficient (Wildman–Crippen LogP) is 4.27. The summed E-state index contributed by atoms with van der Waals surface area (Å²) in [6, 6.07) is 23.8. The van der Waals surface area contributed by atoms with Gasteiger partial charge in [-0.1, -0.05) is 55.5 Å². The van der Waals surface area contributed by atoms with Gasteiger partial charge in [-0.15, -0.1) is 0 Å². The largest absolute Gasteiger partial charge is 0.497 e. The molecule has 4 heteroatoms. The van der Waals surface area contributed by atoms with E-state index in [-0.39, 0.29) is 23.7 Å². The van der Waals surface area contributed by atoms with Crippen molar-refractivity contribution in [1.29, 1.82) is 0 Å². The van der Waals surface area contributed by atoms with Gasteiger partial charge in [0.05, 0.1) is 24.6 Å². The molecule has 0 spiro atoms. The monoisotopic (exact) mass is 395 g/mol. The average molecular weight is 395 g/mol. The lowest BCUT2D eigenvalue weighted by Gasteiger charge is -2.52. The summed E-state index contributed by atoms with van der Waals surface area (Å²) in [5.41, 5.74) is 4.78. The summed E-state index contributed by atoms with van der Waals surface area (Å²) in [5, 5.41) is 0. The number of benzene rings is 3. The van der Waals surface area contributed by atoms with Crippen molar-refractivity contribution in [3.8, 4) is 5.75 Å². The van der Waals surface area contributed by atoms with E-state index >= 15 is 0 Å². The lowest BCUT2D eigenvalue weighted by atomic mass is 9.48. The highest BCUT2D eigenvalue weighted by atomic mass is 16.5. The topological polar surface area (TPSA) is 46.6 Å². The summed E-state index contributed by atoms with van der Waals surface area (Å²) in [4.78, 5) is 28.9. The standard InChI is InChI=1S/C26H21NO3/c1-26-19-9-5-3-7-17(19)21(18-8-4-6-10-20(18)26)22-23(26)25(29)27(24(22)28)15-11-13-16(30-2)14-12-15/h3-14,21-23H,1-2H3/t21?,22-,23+,26?/m0/s1. The number of hydrogen-bond acceptors (Lipinski definition) is 3. The molecule has 2 bridgehead atoms. The molecule has 0 aromatic heterocycles. The molecule has 0 N–H and O–H groups in total. The molecule has 30 heavy (non-hydrogen) atoms. The van der Waals surface area contributed by atoms with Crippen molar-refractivity contribution >= 4 is 17.5 Å². The number of carbonyl (C=O) groups is 2. The van der Waals surface area contributed by atoms with Gasteiger partial charge in [-0.2, -0.15) is 0 Å². The molecule has 1 saturated heterocycles. The number of imide groups is 1. The Morgan fingerprint density at radius 2 is 1.37 bits per heavy atom. The van der Waals surface area contributed by atoms with Crippen LogP contribution in [0.2, 0.25) is 0 Å². The van der Waals surface area contributed by atoms with Gasteiger partial charge in [-0.25, -0.2) is 4.90 Å². The number of rotatable bonds is 2. The Morgan fingerprint density at radius 1 is 0.800 bits per heavy atom. The van der Waals surface area contributed by atoms with Crippen LogP contribution in [0.4, 0.5) is 5.69 Å².